The van der Waals surface area contributed by atoms with Crippen molar-refractivity contribution in [3.63, 3.8) is 0 Å². The Kier molecular flexibility index (Phi) is 5.97. The number of Topliss-reactive ketones (excluding diaryl/α,β-unsaturated/α-hetero) is 1. The van der Waals surface area contributed by atoms with Gasteiger partial charge in [-0.2, -0.15) is 0 Å². The van der Waals surface area contributed by atoms with Crippen molar-refractivity contribution in [3.8, 4) is 0 Å². The van der Waals surface area contributed by atoms with Crippen LogP contribution in [0.25, 0.3) is 0 Å². The van der Waals surface area contributed by atoms with E-state index >= 15 is 0 Å². The normalized spacial score (nSPS) is 19.5. The van der Waals surface area contributed by atoms with Crippen molar-refractivity contribution in [1.29, 1.82) is 0 Å². The predicted molar refractivity (Wildman–Crippen MR) is 91.4 cm³/mol. The molecule has 1 fully saturated rings. The molecule has 1 aromatic rings. The number of ether oxygens (including phenoxy) is 1. The van der Waals surface area contributed by atoms with Gasteiger partial charge in [0.05, 0.1) is 13.0 Å². The Bertz CT molecular complexity index is 566. The Morgan fingerprint density at radius 2 is 1.87 bits per heavy atom. The maximum absolute atomic E-state index is 12.3. The Balaban J connectivity index is 2.19. The summed E-state index contributed by atoms with van der Waals surface area (Å²) in [6.45, 7) is 6.27. The van der Waals surface area contributed by atoms with Gasteiger partial charge in [-0.1, -0.05) is 24.1 Å². The minimum absolute atomic E-state index is 0.0268. The number of benzene rings is 1. The third-order valence-corrected chi connectivity index (χ3v) is 5.08. The summed E-state index contributed by atoms with van der Waals surface area (Å²) in [6, 6.07) is 4.31. The van der Waals surface area contributed by atoms with E-state index in [4.69, 9.17) is 4.74 Å². The van der Waals surface area contributed by atoms with Gasteiger partial charge in [0.15, 0.2) is 0 Å². The largest absolute Gasteiger partial charge is 0.469 e. The Hall–Kier alpha value is -1.64. The van der Waals surface area contributed by atoms with E-state index in [1.807, 2.05) is 0 Å². The van der Waals surface area contributed by atoms with Crippen LogP contribution in [0.3, 0.4) is 0 Å². The summed E-state index contributed by atoms with van der Waals surface area (Å²) in [5.41, 5.74) is 4.88. The maximum atomic E-state index is 12.3. The minimum Gasteiger partial charge on any atom is -0.469 e. The van der Waals surface area contributed by atoms with Crippen LogP contribution in [0.2, 0.25) is 0 Å². The highest BCUT2D eigenvalue weighted by Crippen LogP contribution is 2.30. The molecule has 0 spiro atoms. The fourth-order valence-corrected chi connectivity index (χ4v) is 3.86. The molecule has 0 saturated heterocycles. The number of hydrogen-bond acceptors (Lipinski definition) is 3. The first-order valence-corrected chi connectivity index (χ1v) is 8.59. The lowest BCUT2D eigenvalue weighted by Gasteiger charge is -2.25. The molecule has 0 N–H and O–H groups in total. The maximum Gasteiger partial charge on any atom is 0.309 e. The first-order chi connectivity index (χ1) is 10.9. The van der Waals surface area contributed by atoms with E-state index in [1.54, 1.807) is 0 Å². The molecule has 3 heteroatoms. The third-order valence-electron chi connectivity index (χ3n) is 5.08. The monoisotopic (exact) mass is 316 g/mol. The number of carbonyl (C=O) groups is 2. The highest BCUT2D eigenvalue weighted by molar-refractivity contribution is 5.82. The van der Waals surface area contributed by atoms with Crippen LogP contribution in [0.4, 0.5) is 0 Å². The van der Waals surface area contributed by atoms with Crippen LogP contribution in [0.5, 0.6) is 0 Å². The SMILES string of the molecule is COC(=O)C(Cc1c(C)cc(C)cc1C)CC1CCCCC1=O. The van der Waals surface area contributed by atoms with E-state index in [9.17, 15) is 9.59 Å². The van der Waals surface area contributed by atoms with Gasteiger partial charge in [-0.3, -0.25) is 9.59 Å². The Morgan fingerprint density at radius 3 is 2.43 bits per heavy atom. The molecule has 2 atom stereocenters. The standard InChI is InChI=1S/C20H28O3/c1-13-9-14(2)18(15(3)10-13)12-17(20(22)23-4)11-16-7-5-6-8-19(16)21/h9-10,16-17H,5-8,11-12H2,1-4H3. The smallest absolute Gasteiger partial charge is 0.309 e. The molecular weight excluding hydrogens is 288 g/mol. The highest BCUT2D eigenvalue weighted by Gasteiger charge is 2.30. The molecule has 1 aromatic carbocycles. The average molecular weight is 316 g/mol. The zero-order valence-corrected chi connectivity index (χ0v) is 14.8. The number of carbonyl (C=O) groups excluding carboxylic acids is 2. The van der Waals surface area contributed by atoms with E-state index in [-0.39, 0.29) is 17.8 Å². The summed E-state index contributed by atoms with van der Waals surface area (Å²) < 4.78 is 5.01. The van der Waals surface area contributed by atoms with Gasteiger partial charge in [0.25, 0.3) is 0 Å². The summed E-state index contributed by atoms with van der Waals surface area (Å²) in [7, 11) is 1.44. The van der Waals surface area contributed by atoms with Crippen molar-refractivity contribution in [2.45, 2.75) is 59.3 Å². The Morgan fingerprint density at radius 1 is 1.22 bits per heavy atom. The van der Waals surface area contributed by atoms with Crippen LogP contribution in [0.15, 0.2) is 12.1 Å². The molecule has 2 unspecified atom stereocenters. The van der Waals surface area contributed by atoms with Crippen molar-refractivity contribution in [3.05, 3.63) is 34.4 Å². The van der Waals surface area contributed by atoms with Crippen molar-refractivity contribution in [2.24, 2.45) is 11.8 Å². The quantitative estimate of drug-likeness (QED) is 0.768. The second-order valence-electron chi connectivity index (χ2n) is 6.95. The fraction of sp³-hybridized carbons (Fsp3) is 0.600. The molecule has 1 saturated carbocycles. The molecule has 0 aliphatic heterocycles. The lowest BCUT2D eigenvalue weighted by atomic mass is 9.79. The van der Waals surface area contributed by atoms with Gasteiger partial charge >= 0.3 is 5.97 Å². The van der Waals surface area contributed by atoms with E-state index in [1.165, 1.54) is 29.4 Å². The highest BCUT2D eigenvalue weighted by atomic mass is 16.5. The Labute approximate surface area is 139 Å². The molecule has 3 nitrogen and oxygen atoms in total. The van der Waals surface area contributed by atoms with Gasteiger partial charge in [-0.15, -0.1) is 0 Å². The molecule has 0 aromatic heterocycles. The van der Waals surface area contributed by atoms with Crippen molar-refractivity contribution >= 4 is 11.8 Å². The second kappa shape index (κ2) is 7.76. The lowest BCUT2D eigenvalue weighted by Crippen LogP contribution is -2.28. The molecule has 0 bridgehead atoms. The minimum atomic E-state index is -0.229. The van der Waals surface area contributed by atoms with E-state index < -0.39 is 0 Å². The predicted octanol–water partition coefficient (Wildman–Crippen LogP) is 4.09. The third kappa shape index (κ3) is 4.43. The van der Waals surface area contributed by atoms with Crippen molar-refractivity contribution < 1.29 is 14.3 Å². The van der Waals surface area contributed by atoms with E-state index in [0.29, 0.717) is 25.0 Å². The van der Waals surface area contributed by atoms with Gasteiger partial charge in [0.2, 0.25) is 0 Å². The first-order valence-electron chi connectivity index (χ1n) is 8.59. The summed E-state index contributed by atoms with van der Waals surface area (Å²) in [4.78, 5) is 24.4. The zero-order valence-electron chi connectivity index (χ0n) is 14.8. The van der Waals surface area contributed by atoms with Crippen LogP contribution >= 0.6 is 0 Å². The number of esters is 1. The van der Waals surface area contributed by atoms with Gasteiger partial charge < -0.3 is 4.74 Å². The lowest BCUT2D eigenvalue weighted by molar-refractivity contribution is -0.146. The number of hydrogen-bond donors (Lipinski definition) is 0. The average Bonchev–Trinajstić information content (AvgIpc) is 2.50. The van der Waals surface area contributed by atoms with E-state index in [2.05, 4.69) is 32.9 Å². The van der Waals surface area contributed by atoms with Crippen LogP contribution < -0.4 is 0 Å². The molecule has 23 heavy (non-hydrogen) atoms. The molecule has 126 valence electrons. The second-order valence-corrected chi connectivity index (χ2v) is 6.95. The van der Waals surface area contributed by atoms with E-state index in [0.717, 1.165) is 19.3 Å². The molecule has 1 aliphatic rings. The van der Waals surface area contributed by atoms with Gasteiger partial charge in [-0.05, 0) is 63.1 Å². The van der Waals surface area contributed by atoms with Crippen molar-refractivity contribution in [1.82, 2.24) is 0 Å². The van der Waals surface area contributed by atoms with Crippen LogP contribution in [-0.2, 0) is 20.7 Å². The summed E-state index contributed by atoms with van der Waals surface area (Å²) >= 11 is 0. The fourth-order valence-electron chi connectivity index (χ4n) is 3.86. The molecule has 2 rings (SSSR count). The molecule has 1 aliphatic carbocycles. The van der Waals surface area contributed by atoms with Crippen LogP contribution in [0.1, 0.15) is 54.4 Å². The van der Waals surface area contributed by atoms with Gasteiger partial charge in [0, 0.05) is 12.3 Å². The summed E-state index contributed by atoms with van der Waals surface area (Å²) in [5, 5.41) is 0. The number of rotatable bonds is 5. The van der Waals surface area contributed by atoms with Crippen molar-refractivity contribution in [2.75, 3.05) is 7.11 Å². The number of methoxy groups -OCH3 is 1. The van der Waals surface area contributed by atoms with Gasteiger partial charge in [0.1, 0.15) is 5.78 Å². The van der Waals surface area contributed by atoms with Crippen LogP contribution in [0, 0.1) is 32.6 Å². The van der Waals surface area contributed by atoms with Crippen LogP contribution in [-0.4, -0.2) is 18.9 Å². The summed E-state index contributed by atoms with van der Waals surface area (Å²) in [5.74, 6) is -0.0729. The number of aryl methyl sites for hydroxylation is 3. The molecule has 0 radical (unpaired) electrons. The molecular formula is C20H28O3. The number of ketones is 1. The summed E-state index contributed by atoms with van der Waals surface area (Å²) in [6.07, 6.45) is 4.95. The van der Waals surface area contributed by atoms with Gasteiger partial charge in [-0.25, -0.2) is 0 Å². The first kappa shape index (κ1) is 17.7. The molecule has 0 heterocycles. The topological polar surface area (TPSA) is 43.4 Å². The zero-order chi connectivity index (χ0) is 17.0. The molecule has 0 amide bonds.